The van der Waals surface area contributed by atoms with Crippen LogP contribution in [0.1, 0.15) is 5.56 Å². The van der Waals surface area contributed by atoms with Crippen LogP contribution in [0.2, 0.25) is 5.02 Å². The molecule has 0 aliphatic rings. The fourth-order valence-corrected chi connectivity index (χ4v) is 2.22. The van der Waals surface area contributed by atoms with E-state index >= 15 is 0 Å². The van der Waals surface area contributed by atoms with Crippen LogP contribution in [0, 0.1) is 0 Å². The predicted octanol–water partition coefficient (Wildman–Crippen LogP) is 2.85. The minimum atomic E-state index is -0.484. The van der Waals surface area contributed by atoms with E-state index in [1.807, 2.05) is 18.2 Å². The van der Waals surface area contributed by atoms with E-state index in [1.54, 1.807) is 30.3 Å². The molecule has 0 bridgehead atoms. The molecular formula is C17H16BrClN2O4. The topological polar surface area (TPSA) is 76.7 Å². The van der Waals surface area contributed by atoms with E-state index in [0.717, 1.165) is 10.0 Å². The molecule has 6 nitrogen and oxygen atoms in total. The molecule has 132 valence electrons. The van der Waals surface area contributed by atoms with Crippen molar-refractivity contribution in [3.8, 4) is 5.75 Å². The zero-order valence-corrected chi connectivity index (χ0v) is 15.5. The van der Waals surface area contributed by atoms with Crippen molar-refractivity contribution in [1.29, 1.82) is 0 Å². The fraction of sp³-hybridized carbons (Fsp3) is 0.176. The van der Waals surface area contributed by atoms with Gasteiger partial charge in [-0.25, -0.2) is 0 Å². The summed E-state index contributed by atoms with van der Waals surface area (Å²) in [6, 6.07) is 14.2. The van der Waals surface area contributed by atoms with Gasteiger partial charge in [0.25, 0.3) is 11.8 Å². The third-order valence-corrected chi connectivity index (χ3v) is 3.87. The Morgan fingerprint density at radius 3 is 2.28 bits per heavy atom. The zero-order chi connectivity index (χ0) is 18.1. The van der Waals surface area contributed by atoms with E-state index in [1.165, 1.54) is 0 Å². The van der Waals surface area contributed by atoms with Crippen molar-refractivity contribution in [1.82, 2.24) is 10.9 Å². The second-order valence-corrected chi connectivity index (χ2v) is 6.25. The Morgan fingerprint density at radius 2 is 1.60 bits per heavy atom. The Bertz CT molecular complexity index is 725. The summed E-state index contributed by atoms with van der Waals surface area (Å²) in [6.07, 6.45) is 0. The molecule has 0 radical (unpaired) electrons. The van der Waals surface area contributed by atoms with Gasteiger partial charge in [-0.05, 0) is 35.9 Å². The Hall–Kier alpha value is -2.09. The number of carbonyl (C=O) groups is 2. The summed E-state index contributed by atoms with van der Waals surface area (Å²) in [7, 11) is 0. The first-order valence-electron chi connectivity index (χ1n) is 7.32. The van der Waals surface area contributed by atoms with Crippen molar-refractivity contribution in [3.63, 3.8) is 0 Å². The van der Waals surface area contributed by atoms with E-state index in [2.05, 4.69) is 26.8 Å². The van der Waals surface area contributed by atoms with Crippen LogP contribution in [0.4, 0.5) is 0 Å². The van der Waals surface area contributed by atoms with Crippen molar-refractivity contribution in [3.05, 3.63) is 63.6 Å². The van der Waals surface area contributed by atoms with Crippen molar-refractivity contribution in [2.45, 2.75) is 6.61 Å². The summed E-state index contributed by atoms with van der Waals surface area (Å²) in [6.45, 7) is -0.227. The molecule has 2 N–H and O–H groups in total. The van der Waals surface area contributed by atoms with Gasteiger partial charge in [0.1, 0.15) is 12.4 Å². The minimum absolute atomic E-state index is 0.202. The first-order chi connectivity index (χ1) is 12.0. The van der Waals surface area contributed by atoms with Crippen molar-refractivity contribution in [2.75, 3.05) is 13.2 Å². The third-order valence-electron chi connectivity index (χ3n) is 2.97. The van der Waals surface area contributed by atoms with E-state index in [9.17, 15) is 9.59 Å². The van der Waals surface area contributed by atoms with Crippen LogP contribution < -0.4 is 15.6 Å². The molecule has 0 saturated carbocycles. The second-order valence-electron chi connectivity index (χ2n) is 4.92. The van der Waals surface area contributed by atoms with Crippen LogP contribution in [0.3, 0.4) is 0 Å². The van der Waals surface area contributed by atoms with Crippen molar-refractivity contribution in [2.24, 2.45) is 0 Å². The van der Waals surface area contributed by atoms with Gasteiger partial charge in [0.15, 0.2) is 6.61 Å². The van der Waals surface area contributed by atoms with E-state index in [-0.39, 0.29) is 19.8 Å². The number of hydrazine groups is 1. The average molecular weight is 428 g/mol. The summed E-state index contributed by atoms with van der Waals surface area (Å²) < 4.78 is 11.4. The summed E-state index contributed by atoms with van der Waals surface area (Å²) in [4.78, 5) is 23.2. The predicted molar refractivity (Wildman–Crippen MR) is 97.0 cm³/mol. The molecule has 0 aliphatic carbocycles. The zero-order valence-electron chi connectivity index (χ0n) is 13.1. The van der Waals surface area contributed by atoms with Crippen molar-refractivity contribution >= 4 is 39.3 Å². The smallest absolute Gasteiger partial charge is 0.276 e. The lowest BCUT2D eigenvalue weighted by Gasteiger charge is -2.09. The molecule has 0 heterocycles. The number of hydrogen-bond acceptors (Lipinski definition) is 4. The van der Waals surface area contributed by atoms with Gasteiger partial charge in [-0.1, -0.05) is 45.7 Å². The van der Waals surface area contributed by atoms with Crippen LogP contribution in [-0.2, 0) is 20.9 Å². The van der Waals surface area contributed by atoms with Gasteiger partial charge < -0.3 is 9.47 Å². The second kappa shape index (κ2) is 10.0. The van der Waals surface area contributed by atoms with Crippen LogP contribution in [0.5, 0.6) is 5.75 Å². The molecule has 0 saturated heterocycles. The highest BCUT2D eigenvalue weighted by Crippen LogP contribution is 2.16. The lowest BCUT2D eigenvalue weighted by Crippen LogP contribution is -2.45. The first-order valence-corrected chi connectivity index (χ1v) is 8.49. The maximum atomic E-state index is 11.6. The number of amides is 2. The normalized spacial score (nSPS) is 10.2. The average Bonchev–Trinajstić information content (AvgIpc) is 2.61. The van der Waals surface area contributed by atoms with Gasteiger partial charge in [0, 0.05) is 9.50 Å². The summed E-state index contributed by atoms with van der Waals surface area (Å²) in [5.74, 6) is -0.417. The number of carbonyl (C=O) groups excluding carboxylic acids is 2. The van der Waals surface area contributed by atoms with Crippen molar-refractivity contribution < 1.29 is 19.1 Å². The minimum Gasteiger partial charge on any atom is -0.484 e. The molecule has 8 heteroatoms. The van der Waals surface area contributed by atoms with E-state index in [4.69, 9.17) is 21.1 Å². The molecule has 0 atom stereocenters. The molecule has 0 aliphatic heterocycles. The molecule has 0 aromatic heterocycles. The molecule has 0 unspecified atom stereocenters. The van der Waals surface area contributed by atoms with Gasteiger partial charge in [0.2, 0.25) is 0 Å². The summed E-state index contributed by atoms with van der Waals surface area (Å²) in [5, 5.41) is 0.571. The lowest BCUT2D eigenvalue weighted by atomic mass is 10.2. The fourth-order valence-electron chi connectivity index (χ4n) is 1.76. The Balaban J connectivity index is 1.61. The van der Waals surface area contributed by atoms with Gasteiger partial charge in [-0.15, -0.1) is 0 Å². The van der Waals surface area contributed by atoms with Gasteiger partial charge in [0.05, 0.1) is 6.61 Å². The number of benzene rings is 2. The van der Waals surface area contributed by atoms with E-state index in [0.29, 0.717) is 10.8 Å². The molecular weight excluding hydrogens is 412 g/mol. The molecule has 2 aromatic carbocycles. The molecule has 2 amide bonds. The summed E-state index contributed by atoms with van der Waals surface area (Å²) >= 11 is 9.29. The molecule has 25 heavy (non-hydrogen) atoms. The maximum Gasteiger partial charge on any atom is 0.276 e. The SMILES string of the molecule is O=C(COCc1ccccc1Cl)NNC(=O)COc1ccc(Br)cc1. The van der Waals surface area contributed by atoms with E-state index < -0.39 is 11.8 Å². The number of rotatable bonds is 7. The highest BCUT2D eigenvalue weighted by molar-refractivity contribution is 9.10. The van der Waals surface area contributed by atoms with Crippen LogP contribution >= 0.6 is 27.5 Å². The van der Waals surface area contributed by atoms with Gasteiger partial charge in [-0.2, -0.15) is 0 Å². The maximum absolute atomic E-state index is 11.6. The highest BCUT2D eigenvalue weighted by atomic mass is 79.9. The number of nitrogens with one attached hydrogen (secondary N) is 2. The lowest BCUT2D eigenvalue weighted by molar-refractivity contribution is -0.132. The standard InChI is InChI=1S/C17H16BrClN2O4/c18-13-5-7-14(8-6-13)25-11-17(23)21-20-16(22)10-24-9-12-3-1-2-4-15(12)19/h1-8H,9-11H2,(H,20,22)(H,21,23). The molecule has 2 aromatic rings. The van der Waals surface area contributed by atoms with Crippen LogP contribution in [-0.4, -0.2) is 25.0 Å². The van der Waals surface area contributed by atoms with Crippen LogP contribution in [0.15, 0.2) is 53.0 Å². The number of ether oxygens (including phenoxy) is 2. The molecule has 2 rings (SSSR count). The quantitative estimate of drug-likeness (QED) is 0.666. The highest BCUT2D eigenvalue weighted by Gasteiger charge is 2.07. The molecule has 0 spiro atoms. The Kier molecular flexibility index (Phi) is 7.72. The Morgan fingerprint density at radius 1 is 0.960 bits per heavy atom. The molecule has 0 fully saturated rings. The number of halogens is 2. The van der Waals surface area contributed by atoms with Crippen LogP contribution in [0.25, 0.3) is 0 Å². The van der Waals surface area contributed by atoms with Gasteiger partial charge >= 0.3 is 0 Å². The summed E-state index contributed by atoms with van der Waals surface area (Å²) in [5.41, 5.74) is 5.27. The Labute approximate surface area is 158 Å². The monoisotopic (exact) mass is 426 g/mol. The first kappa shape index (κ1) is 19.2. The largest absolute Gasteiger partial charge is 0.484 e. The number of hydrogen-bond donors (Lipinski definition) is 2. The third kappa shape index (κ3) is 7.13. The van der Waals surface area contributed by atoms with Gasteiger partial charge in [-0.3, -0.25) is 20.4 Å².